The zero-order chi connectivity index (χ0) is 17.0. The first-order chi connectivity index (χ1) is 11.0. The second-order valence-electron chi connectivity index (χ2n) is 4.34. The quantitative estimate of drug-likeness (QED) is 0.340. The van der Waals surface area contributed by atoms with Gasteiger partial charge in [0.05, 0.1) is 24.7 Å². The molecule has 8 heteroatoms. The molecule has 0 saturated heterocycles. The number of methoxy groups -OCH3 is 2. The third-order valence-corrected chi connectivity index (χ3v) is 3.72. The average molecular weight is 382 g/mol. The van der Waals surface area contributed by atoms with Gasteiger partial charge < -0.3 is 14.2 Å². The van der Waals surface area contributed by atoms with Gasteiger partial charge in [-0.05, 0) is 40.2 Å². The third-order valence-electron chi connectivity index (χ3n) is 2.94. The van der Waals surface area contributed by atoms with Crippen LogP contribution >= 0.6 is 15.9 Å². The molecule has 0 aromatic heterocycles. The highest BCUT2D eigenvalue weighted by atomic mass is 79.9. The lowest BCUT2D eigenvalue weighted by atomic mass is 10.2. The SMILES string of the molecule is COc1cc(C(=O)Oc2ccc([N+](=O)[O-])cc2)cc(OC)c1Br. The van der Waals surface area contributed by atoms with Gasteiger partial charge in [0.2, 0.25) is 0 Å². The molecule has 120 valence electrons. The summed E-state index contributed by atoms with van der Waals surface area (Å²) in [5, 5.41) is 10.6. The molecule has 0 aliphatic heterocycles. The molecule has 0 aliphatic carbocycles. The minimum Gasteiger partial charge on any atom is -0.495 e. The number of esters is 1. The highest BCUT2D eigenvalue weighted by molar-refractivity contribution is 9.10. The fourth-order valence-electron chi connectivity index (χ4n) is 1.79. The molecule has 2 aromatic rings. The molecular weight excluding hydrogens is 370 g/mol. The van der Waals surface area contributed by atoms with Crippen LogP contribution in [0, 0.1) is 10.1 Å². The number of halogens is 1. The van der Waals surface area contributed by atoms with Crippen LogP contribution in [-0.2, 0) is 0 Å². The van der Waals surface area contributed by atoms with Gasteiger partial charge in [0, 0.05) is 12.1 Å². The average Bonchev–Trinajstić information content (AvgIpc) is 2.55. The van der Waals surface area contributed by atoms with Gasteiger partial charge in [-0.15, -0.1) is 0 Å². The van der Waals surface area contributed by atoms with Crippen molar-refractivity contribution in [3.8, 4) is 17.2 Å². The van der Waals surface area contributed by atoms with Crippen LogP contribution in [0.3, 0.4) is 0 Å². The molecule has 0 fully saturated rings. The van der Waals surface area contributed by atoms with E-state index in [9.17, 15) is 14.9 Å². The van der Waals surface area contributed by atoms with E-state index in [2.05, 4.69) is 15.9 Å². The summed E-state index contributed by atoms with van der Waals surface area (Å²) in [4.78, 5) is 22.3. The first-order valence-corrected chi connectivity index (χ1v) is 7.13. The molecular formula is C15H12BrNO6. The van der Waals surface area contributed by atoms with Gasteiger partial charge >= 0.3 is 5.97 Å². The van der Waals surface area contributed by atoms with Crippen molar-refractivity contribution in [2.45, 2.75) is 0 Å². The molecule has 2 rings (SSSR count). The Bertz CT molecular complexity index is 719. The number of carbonyl (C=O) groups is 1. The maximum Gasteiger partial charge on any atom is 0.343 e. The molecule has 0 bridgehead atoms. The predicted molar refractivity (Wildman–Crippen MR) is 85.3 cm³/mol. The summed E-state index contributed by atoms with van der Waals surface area (Å²) in [7, 11) is 2.93. The van der Waals surface area contributed by atoms with Crippen LogP contribution in [0.1, 0.15) is 10.4 Å². The molecule has 0 saturated carbocycles. The van der Waals surface area contributed by atoms with E-state index in [-0.39, 0.29) is 17.0 Å². The van der Waals surface area contributed by atoms with Crippen molar-refractivity contribution >= 4 is 27.6 Å². The summed E-state index contributed by atoms with van der Waals surface area (Å²) in [5.74, 6) is 0.393. The lowest BCUT2D eigenvalue weighted by Gasteiger charge is -2.11. The van der Waals surface area contributed by atoms with E-state index in [4.69, 9.17) is 14.2 Å². The first kappa shape index (κ1) is 16.8. The number of hydrogen-bond acceptors (Lipinski definition) is 6. The molecule has 0 heterocycles. The number of nitro benzene ring substituents is 1. The van der Waals surface area contributed by atoms with Crippen LogP contribution < -0.4 is 14.2 Å². The monoisotopic (exact) mass is 381 g/mol. The van der Waals surface area contributed by atoms with Gasteiger partial charge in [-0.1, -0.05) is 0 Å². The minimum absolute atomic E-state index is 0.0863. The molecule has 2 aromatic carbocycles. The van der Waals surface area contributed by atoms with Crippen LogP contribution in [0.2, 0.25) is 0 Å². The predicted octanol–water partition coefficient (Wildman–Crippen LogP) is 3.59. The zero-order valence-electron chi connectivity index (χ0n) is 12.2. The summed E-state index contributed by atoms with van der Waals surface area (Å²) in [6.45, 7) is 0. The summed E-state index contributed by atoms with van der Waals surface area (Å²) in [6.07, 6.45) is 0. The van der Waals surface area contributed by atoms with Crippen molar-refractivity contribution in [1.29, 1.82) is 0 Å². The van der Waals surface area contributed by atoms with Crippen LogP contribution in [0.15, 0.2) is 40.9 Å². The second kappa shape index (κ2) is 7.10. The first-order valence-electron chi connectivity index (χ1n) is 6.34. The lowest BCUT2D eigenvalue weighted by molar-refractivity contribution is -0.384. The van der Waals surface area contributed by atoms with Gasteiger partial charge in [-0.2, -0.15) is 0 Å². The molecule has 0 atom stereocenters. The van der Waals surface area contributed by atoms with Gasteiger partial charge in [0.1, 0.15) is 21.7 Å². The number of carbonyl (C=O) groups excluding carboxylic acids is 1. The fourth-order valence-corrected chi connectivity index (χ4v) is 2.34. The number of ether oxygens (including phenoxy) is 3. The molecule has 0 spiro atoms. The summed E-state index contributed by atoms with van der Waals surface area (Å²) >= 11 is 3.31. The number of non-ortho nitro benzene ring substituents is 1. The van der Waals surface area contributed by atoms with Crippen LogP contribution in [0.5, 0.6) is 17.2 Å². The Morgan fingerprint density at radius 1 is 1.09 bits per heavy atom. The van der Waals surface area contributed by atoms with Crippen LogP contribution in [0.25, 0.3) is 0 Å². The van der Waals surface area contributed by atoms with E-state index in [1.807, 2.05) is 0 Å². The van der Waals surface area contributed by atoms with E-state index in [0.717, 1.165) is 0 Å². The highest BCUT2D eigenvalue weighted by Crippen LogP contribution is 2.35. The van der Waals surface area contributed by atoms with E-state index < -0.39 is 10.9 Å². The number of hydrogen-bond donors (Lipinski definition) is 0. The smallest absolute Gasteiger partial charge is 0.343 e. The van der Waals surface area contributed by atoms with Crippen LogP contribution in [0.4, 0.5) is 5.69 Å². The van der Waals surface area contributed by atoms with Crippen molar-refractivity contribution in [2.75, 3.05) is 14.2 Å². The fraction of sp³-hybridized carbons (Fsp3) is 0.133. The van der Waals surface area contributed by atoms with E-state index in [1.165, 1.54) is 50.6 Å². The topological polar surface area (TPSA) is 87.9 Å². The van der Waals surface area contributed by atoms with Crippen molar-refractivity contribution in [1.82, 2.24) is 0 Å². The van der Waals surface area contributed by atoms with Gasteiger partial charge in [-0.25, -0.2) is 4.79 Å². The van der Waals surface area contributed by atoms with Gasteiger partial charge in [0.15, 0.2) is 0 Å². The Hall–Kier alpha value is -2.61. The highest BCUT2D eigenvalue weighted by Gasteiger charge is 2.16. The Morgan fingerprint density at radius 2 is 1.61 bits per heavy atom. The van der Waals surface area contributed by atoms with E-state index >= 15 is 0 Å². The molecule has 0 aliphatic rings. The Balaban J connectivity index is 2.25. The zero-order valence-corrected chi connectivity index (χ0v) is 13.8. The maximum absolute atomic E-state index is 12.2. The lowest BCUT2D eigenvalue weighted by Crippen LogP contribution is -2.09. The normalized spacial score (nSPS) is 10.0. The van der Waals surface area contributed by atoms with Gasteiger partial charge in [-0.3, -0.25) is 10.1 Å². The number of benzene rings is 2. The summed E-state index contributed by atoms with van der Waals surface area (Å²) < 4.78 is 16.1. The summed E-state index contributed by atoms with van der Waals surface area (Å²) in [5.41, 5.74) is 0.136. The largest absolute Gasteiger partial charge is 0.495 e. The van der Waals surface area contributed by atoms with Crippen molar-refractivity contribution < 1.29 is 23.9 Å². The van der Waals surface area contributed by atoms with Crippen molar-refractivity contribution in [3.05, 3.63) is 56.5 Å². The van der Waals surface area contributed by atoms with E-state index in [0.29, 0.717) is 16.0 Å². The summed E-state index contributed by atoms with van der Waals surface area (Å²) in [6, 6.07) is 8.21. The Kier molecular flexibility index (Phi) is 5.17. The maximum atomic E-state index is 12.2. The molecule has 0 N–H and O–H groups in total. The molecule has 7 nitrogen and oxygen atoms in total. The Labute approximate surface area is 140 Å². The van der Waals surface area contributed by atoms with Crippen molar-refractivity contribution in [3.63, 3.8) is 0 Å². The standard InChI is InChI=1S/C15H12BrNO6/c1-21-12-7-9(8-13(22-2)14(12)16)15(18)23-11-5-3-10(4-6-11)17(19)20/h3-8H,1-2H3. The second-order valence-corrected chi connectivity index (χ2v) is 5.13. The number of nitro groups is 1. The van der Waals surface area contributed by atoms with Crippen LogP contribution in [-0.4, -0.2) is 25.1 Å². The Morgan fingerprint density at radius 3 is 2.04 bits per heavy atom. The number of rotatable bonds is 5. The minimum atomic E-state index is -0.636. The third kappa shape index (κ3) is 3.78. The molecule has 0 amide bonds. The molecule has 23 heavy (non-hydrogen) atoms. The number of nitrogens with zero attached hydrogens (tertiary/aromatic N) is 1. The van der Waals surface area contributed by atoms with Gasteiger partial charge in [0.25, 0.3) is 5.69 Å². The molecule has 0 radical (unpaired) electrons. The molecule has 0 unspecified atom stereocenters. The van der Waals surface area contributed by atoms with E-state index in [1.54, 1.807) is 0 Å². The van der Waals surface area contributed by atoms with Crippen molar-refractivity contribution in [2.24, 2.45) is 0 Å².